The lowest BCUT2D eigenvalue weighted by molar-refractivity contribution is 0.669. The second-order valence-electron chi connectivity index (χ2n) is 8.07. The van der Waals surface area contributed by atoms with Crippen LogP contribution in [0.25, 0.3) is 44.2 Å². The molecule has 7 rings (SSSR count). The molecule has 1 aromatic heterocycles. The van der Waals surface area contributed by atoms with Gasteiger partial charge in [0.05, 0.1) is 24.7 Å². The molecule has 0 amide bonds. The number of rotatable bonds is 5. The molecule has 0 unspecified atom stereocenters. The maximum atomic E-state index is 9.12. The molecule has 6 aromatic carbocycles. The van der Waals surface area contributed by atoms with Gasteiger partial charge in [-0.15, -0.1) is 0 Å². The van der Waals surface area contributed by atoms with Crippen LogP contribution in [0, 0.1) is 0 Å². The van der Waals surface area contributed by atoms with Crippen LogP contribution in [0.15, 0.2) is 156 Å². The third-order valence-electron chi connectivity index (χ3n) is 5.80. The Hall–Kier alpha value is -5.08. The zero-order valence-corrected chi connectivity index (χ0v) is 19.4. The smallest absolute Gasteiger partial charge is 0.136 e. The van der Waals surface area contributed by atoms with Gasteiger partial charge >= 0.3 is 0 Å². The van der Waals surface area contributed by atoms with E-state index in [-0.39, 0.29) is 11.1 Å². The number of nitrogens with zero attached hydrogens (tertiary/aromatic N) is 1. The Kier molecular flexibility index (Phi) is 2.57. The SMILES string of the molecule is [2H]c1c([2H])c([2H])c(N(c2c([2H])c([2H])c([2H])c([2H])c2[2H])c2c([2H])c([2H])c(-c3c([2H])c([2H])c(-c4ccc5c(c4)oc4ccccc45)c([2H])c3[2H])c([2H])c2[2H])c([2H])c1[2H]. The summed E-state index contributed by atoms with van der Waals surface area (Å²) in [6.45, 7) is 0. The molecule has 0 radical (unpaired) electrons. The molecule has 0 N–H and O–H groups in total. The van der Waals surface area contributed by atoms with E-state index in [2.05, 4.69) is 0 Å². The van der Waals surface area contributed by atoms with Gasteiger partial charge in [0.2, 0.25) is 0 Å². The van der Waals surface area contributed by atoms with Crippen LogP contribution >= 0.6 is 0 Å². The minimum Gasteiger partial charge on any atom is -0.456 e. The van der Waals surface area contributed by atoms with Crippen LogP contribution in [0.2, 0.25) is 0 Å². The highest BCUT2D eigenvalue weighted by atomic mass is 16.3. The first-order valence-corrected chi connectivity index (χ1v) is 11.4. The van der Waals surface area contributed by atoms with Crippen LogP contribution in [0.5, 0.6) is 0 Å². The van der Waals surface area contributed by atoms with E-state index in [1.165, 1.54) is 0 Å². The van der Waals surface area contributed by atoms with Crippen molar-refractivity contribution in [2.75, 3.05) is 4.90 Å². The van der Waals surface area contributed by atoms with E-state index >= 15 is 0 Å². The molecule has 0 saturated carbocycles. The second kappa shape index (κ2) is 9.42. The quantitative estimate of drug-likeness (QED) is 0.231. The molecule has 38 heavy (non-hydrogen) atoms. The highest BCUT2D eigenvalue weighted by Crippen LogP contribution is 2.36. The Labute approximate surface area is 247 Å². The van der Waals surface area contributed by atoms with Crippen LogP contribution in [-0.2, 0) is 0 Å². The van der Waals surface area contributed by atoms with E-state index in [0.717, 1.165) is 10.8 Å². The fourth-order valence-electron chi connectivity index (χ4n) is 4.05. The van der Waals surface area contributed by atoms with Crippen LogP contribution in [0.3, 0.4) is 0 Å². The number of benzene rings is 6. The normalized spacial score (nSPS) is 17.8. The Morgan fingerprint density at radius 2 is 0.947 bits per heavy atom. The van der Waals surface area contributed by atoms with Gasteiger partial charge in [-0.25, -0.2) is 0 Å². The molecule has 2 heteroatoms. The molecular formula is C36H25NO. The highest BCUT2D eigenvalue weighted by molar-refractivity contribution is 6.05. The predicted molar refractivity (Wildman–Crippen MR) is 159 cm³/mol. The predicted octanol–water partition coefficient (Wildman–Crippen LogP) is 10.4. The van der Waals surface area contributed by atoms with Gasteiger partial charge in [-0.05, 0) is 76.7 Å². The van der Waals surface area contributed by atoms with E-state index in [1.807, 2.05) is 12.1 Å². The van der Waals surface area contributed by atoms with E-state index in [1.54, 1.807) is 30.3 Å². The molecule has 0 saturated heterocycles. The van der Waals surface area contributed by atoms with Crippen molar-refractivity contribution in [3.63, 3.8) is 0 Å². The number of para-hydroxylation sites is 3. The Morgan fingerprint density at radius 1 is 0.447 bits per heavy atom. The summed E-state index contributed by atoms with van der Waals surface area (Å²) >= 11 is 0. The average Bonchev–Trinajstić information content (AvgIpc) is 3.55. The van der Waals surface area contributed by atoms with Crippen molar-refractivity contribution >= 4 is 39.0 Å². The average molecular weight is 506 g/mol. The minimum absolute atomic E-state index is 0.133. The Morgan fingerprint density at radius 3 is 1.58 bits per heavy atom. The molecule has 1 heterocycles. The van der Waals surface area contributed by atoms with Gasteiger partial charge in [-0.3, -0.25) is 0 Å². The summed E-state index contributed by atoms with van der Waals surface area (Å²) in [6, 6.07) is -3.52. The maximum absolute atomic E-state index is 9.12. The summed E-state index contributed by atoms with van der Waals surface area (Å²) in [5, 5.41) is 1.58. The Balaban J connectivity index is 1.51. The first kappa shape index (κ1) is 10.4. The van der Waals surface area contributed by atoms with Crippen LogP contribution in [0.4, 0.5) is 17.1 Å². The topological polar surface area (TPSA) is 16.4 Å². The molecule has 0 fully saturated rings. The largest absolute Gasteiger partial charge is 0.456 e. The molecule has 180 valence electrons. The van der Waals surface area contributed by atoms with Gasteiger partial charge < -0.3 is 9.32 Å². The van der Waals surface area contributed by atoms with Gasteiger partial charge in [0, 0.05) is 27.8 Å². The van der Waals surface area contributed by atoms with E-state index in [0.29, 0.717) is 16.1 Å². The third-order valence-corrected chi connectivity index (χ3v) is 5.80. The van der Waals surface area contributed by atoms with Crippen molar-refractivity contribution in [1.29, 1.82) is 0 Å². The Bertz CT molecular complexity index is 2680. The van der Waals surface area contributed by atoms with Crippen LogP contribution in [-0.4, -0.2) is 0 Å². The van der Waals surface area contributed by atoms with Gasteiger partial charge in [-0.2, -0.15) is 0 Å². The van der Waals surface area contributed by atoms with Crippen LogP contribution in [0.1, 0.15) is 24.7 Å². The van der Waals surface area contributed by atoms with E-state index in [4.69, 9.17) is 29.1 Å². The standard InChI is InChI=1S/C36H25NO/c1-3-9-30(10-4-1)37(31-11-5-2-6-12-31)32-22-19-27(20-23-32)26-15-17-28(18-16-26)29-21-24-34-33-13-7-8-14-35(33)38-36(34)25-29/h1-25H/i1D,2D,3D,4D,5D,6D,9D,10D,11D,12D,15D,16D,17D,18D,19D,20D,22D,23D. The monoisotopic (exact) mass is 505 g/mol. The molecule has 7 aromatic rings. The number of anilines is 3. The summed E-state index contributed by atoms with van der Waals surface area (Å²) in [5.41, 5.74) is -2.71. The summed E-state index contributed by atoms with van der Waals surface area (Å²) in [7, 11) is 0. The van der Waals surface area contributed by atoms with Gasteiger partial charge in [0.25, 0.3) is 0 Å². The summed E-state index contributed by atoms with van der Waals surface area (Å²) in [4.78, 5) is 0.497. The van der Waals surface area contributed by atoms with Crippen molar-refractivity contribution in [2.24, 2.45) is 0 Å². The van der Waals surface area contributed by atoms with Crippen LogP contribution < -0.4 is 4.90 Å². The number of hydrogen-bond acceptors (Lipinski definition) is 2. The van der Waals surface area contributed by atoms with Crippen molar-refractivity contribution < 1.29 is 29.1 Å². The zero-order valence-electron chi connectivity index (χ0n) is 37.4. The van der Waals surface area contributed by atoms with Crippen molar-refractivity contribution in [1.82, 2.24) is 0 Å². The van der Waals surface area contributed by atoms with Crippen molar-refractivity contribution in [3.8, 4) is 22.3 Å². The maximum Gasteiger partial charge on any atom is 0.136 e. The fourth-order valence-corrected chi connectivity index (χ4v) is 4.05. The van der Waals surface area contributed by atoms with Gasteiger partial charge in [0.15, 0.2) is 0 Å². The molecule has 0 spiro atoms. The lowest BCUT2D eigenvalue weighted by atomic mass is 9.99. The first-order chi connectivity index (χ1) is 26.3. The molecular weight excluding hydrogens is 462 g/mol. The van der Waals surface area contributed by atoms with E-state index in [9.17, 15) is 0 Å². The summed E-state index contributed by atoms with van der Waals surface area (Å²) in [5.74, 6) is 0. The molecule has 0 aliphatic heterocycles. The summed E-state index contributed by atoms with van der Waals surface area (Å²) in [6.07, 6.45) is 0. The van der Waals surface area contributed by atoms with Crippen molar-refractivity contribution in [3.05, 3.63) is 151 Å². The second-order valence-corrected chi connectivity index (χ2v) is 8.07. The number of fused-ring (bicyclic) bond motifs is 3. The molecule has 2 nitrogen and oxygen atoms in total. The zero-order chi connectivity index (χ0) is 41.0. The first-order valence-electron chi connectivity index (χ1n) is 20.4. The van der Waals surface area contributed by atoms with Gasteiger partial charge in [-0.1, -0.05) is 96.8 Å². The lowest BCUT2D eigenvalue weighted by Crippen LogP contribution is -2.09. The lowest BCUT2D eigenvalue weighted by Gasteiger charge is -2.25. The molecule has 0 bridgehead atoms. The fraction of sp³-hybridized carbons (Fsp3) is 0. The molecule has 0 atom stereocenters. The summed E-state index contributed by atoms with van der Waals surface area (Å²) < 4.78 is 162. The number of furan rings is 1. The molecule has 0 aliphatic rings. The minimum atomic E-state index is -1.02. The third kappa shape index (κ3) is 4.03. The van der Waals surface area contributed by atoms with Gasteiger partial charge in [0.1, 0.15) is 11.2 Å². The van der Waals surface area contributed by atoms with Crippen molar-refractivity contribution in [2.45, 2.75) is 0 Å². The molecule has 0 aliphatic carbocycles. The number of hydrogen-bond donors (Lipinski definition) is 0. The van der Waals surface area contributed by atoms with E-state index < -0.39 is 137 Å². The highest BCUT2D eigenvalue weighted by Gasteiger charge is 2.12.